The van der Waals surface area contributed by atoms with Gasteiger partial charge in [-0.05, 0) is 42.8 Å². The first-order chi connectivity index (χ1) is 15.5. The normalized spacial score (nSPS) is 11.8. The van der Waals surface area contributed by atoms with Crippen LogP contribution in [-0.4, -0.2) is 32.5 Å². The second-order valence-corrected chi connectivity index (χ2v) is 7.43. The van der Waals surface area contributed by atoms with Gasteiger partial charge in [-0.2, -0.15) is 14.8 Å². The lowest BCUT2D eigenvalue weighted by Gasteiger charge is -2.13. The average molecular weight is 429 g/mol. The Bertz CT molecular complexity index is 1370. The first kappa shape index (κ1) is 21.2. The second kappa shape index (κ2) is 8.96. The van der Waals surface area contributed by atoms with Crippen molar-refractivity contribution in [3.63, 3.8) is 0 Å². The van der Waals surface area contributed by atoms with Crippen LogP contribution in [-0.2, 0) is 6.54 Å². The Labute approximate surface area is 183 Å². The van der Waals surface area contributed by atoms with E-state index in [4.69, 9.17) is 5.26 Å². The predicted molar refractivity (Wildman–Crippen MR) is 120 cm³/mol. The summed E-state index contributed by atoms with van der Waals surface area (Å²) >= 11 is 0. The van der Waals surface area contributed by atoms with Crippen LogP contribution in [0, 0.1) is 17.3 Å². The number of hydrogen-bond donors (Lipinski definition) is 2. The van der Waals surface area contributed by atoms with Gasteiger partial charge in [0.25, 0.3) is 5.56 Å². The molecular formula is C24H20FN5O2. The summed E-state index contributed by atoms with van der Waals surface area (Å²) in [6, 6.07) is 19.0. The first-order valence-electron chi connectivity index (χ1n) is 10.0. The molecule has 2 aromatic heterocycles. The number of nitrogens with one attached hydrogen (secondary N) is 1. The number of nitriles is 1. The fourth-order valence-electron chi connectivity index (χ4n) is 3.36. The van der Waals surface area contributed by atoms with E-state index < -0.39 is 12.1 Å². The van der Waals surface area contributed by atoms with E-state index in [1.807, 2.05) is 0 Å². The molecule has 0 aliphatic carbocycles. The summed E-state index contributed by atoms with van der Waals surface area (Å²) in [5.41, 5.74) is 1.48. The van der Waals surface area contributed by atoms with E-state index in [0.717, 1.165) is 5.56 Å². The van der Waals surface area contributed by atoms with E-state index in [1.165, 1.54) is 4.68 Å². The van der Waals surface area contributed by atoms with Gasteiger partial charge in [-0.1, -0.05) is 30.3 Å². The lowest BCUT2D eigenvalue weighted by atomic mass is 10.1. The zero-order valence-corrected chi connectivity index (χ0v) is 17.3. The molecule has 2 heterocycles. The van der Waals surface area contributed by atoms with Gasteiger partial charge in [0.05, 0.1) is 35.2 Å². The van der Waals surface area contributed by atoms with Gasteiger partial charge in [-0.15, -0.1) is 0 Å². The number of hydrogen-bond acceptors (Lipinski definition) is 6. The predicted octanol–water partition coefficient (Wildman–Crippen LogP) is 3.31. The molecule has 0 spiro atoms. The maximum atomic E-state index is 15.0. The van der Waals surface area contributed by atoms with Crippen molar-refractivity contribution < 1.29 is 9.50 Å². The summed E-state index contributed by atoms with van der Waals surface area (Å²) in [6.45, 7) is 2.03. The van der Waals surface area contributed by atoms with Crippen LogP contribution in [0.25, 0.3) is 22.0 Å². The maximum Gasteiger partial charge on any atom is 0.274 e. The number of halogens is 1. The van der Waals surface area contributed by atoms with E-state index in [0.29, 0.717) is 27.8 Å². The molecule has 160 valence electrons. The van der Waals surface area contributed by atoms with Crippen molar-refractivity contribution in [1.82, 2.24) is 14.8 Å². The number of anilines is 1. The van der Waals surface area contributed by atoms with E-state index in [2.05, 4.69) is 21.5 Å². The molecule has 32 heavy (non-hydrogen) atoms. The van der Waals surface area contributed by atoms with Crippen LogP contribution in [0.4, 0.5) is 10.2 Å². The SMILES string of the molecule is CC(O)CNc1ccc(-c2nn(Cc3ccc(C#N)cc3)c(=O)c3ccccc23)c(F)n1. The van der Waals surface area contributed by atoms with E-state index in [9.17, 15) is 14.3 Å². The Balaban J connectivity index is 1.80. The van der Waals surface area contributed by atoms with Crippen LogP contribution in [0.1, 0.15) is 18.1 Å². The lowest BCUT2D eigenvalue weighted by molar-refractivity contribution is 0.208. The Morgan fingerprint density at radius 2 is 1.84 bits per heavy atom. The molecule has 2 aromatic carbocycles. The quantitative estimate of drug-likeness (QED) is 0.456. The van der Waals surface area contributed by atoms with Crippen LogP contribution in [0.15, 0.2) is 65.5 Å². The van der Waals surface area contributed by atoms with Crippen molar-refractivity contribution in [2.24, 2.45) is 0 Å². The van der Waals surface area contributed by atoms with Crippen molar-refractivity contribution in [2.75, 3.05) is 11.9 Å². The number of benzene rings is 2. The van der Waals surface area contributed by atoms with Crippen LogP contribution < -0.4 is 10.9 Å². The fourth-order valence-corrected chi connectivity index (χ4v) is 3.36. The summed E-state index contributed by atoms with van der Waals surface area (Å²) < 4.78 is 16.2. The topological polar surface area (TPSA) is 104 Å². The molecule has 0 fully saturated rings. The van der Waals surface area contributed by atoms with Gasteiger partial charge >= 0.3 is 0 Å². The van der Waals surface area contributed by atoms with E-state index in [-0.39, 0.29) is 24.2 Å². The van der Waals surface area contributed by atoms with Gasteiger partial charge < -0.3 is 10.4 Å². The molecule has 0 bridgehead atoms. The Kier molecular flexibility index (Phi) is 5.92. The fraction of sp³-hybridized carbons (Fsp3) is 0.167. The third-order valence-electron chi connectivity index (χ3n) is 4.97. The molecule has 8 heteroatoms. The van der Waals surface area contributed by atoms with Gasteiger partial charge in [0, 0.05) is 11.9 Å². The summed E-state index contributed by atoms with van der Waals surface area (Å²) in [5.74, 6) is -0.441. The van der Waals surface area contributed by atoms with Crippen molar-refractivity contribution in [3.8, 4) is 17.3 Å². The standard InChI is InChI=1S/C24H20FN5O2/c1-15(31)13-27-21-11-10-20(23(25)28-21)22-18-4-2-3-5-19(18)24(32)30(29-22)14-17-8-6-16(12-26)7-9-17/h2-11,15,31H,13-14H2,1H3,(H,27,28). The minimum absolute atomic E-state index is 0.164. The number of pyridine rings is 1. The number of aliphatic hydroxyl groups is 1. The largest absolute Gasteiger partial charge is 0.392 e. The van der Waals surface area contributed by atoms with Crippen LogP contribution in [0.3, 0.4) is 0 Å². The van der Waals surface area contributed by atoms with Crippen molar-refractivity contribution in [3.05, 3.63) is 88.1 Å². The Morgan fingerprint density at radius 3 is 2.50 bits per heavy atom. The lowest BCUT2D eigenvalue weighted by Crippen LogP contribution is -2.24. The molecule has 0 amide bonds. The molecule has 2 N–H and O–H groups in total. The Morgan fingerprint density at radius 1 is 1.12 bits per heavy atom. The minimum Gasteiger partial charge on any atom is -0.392 e. The highest BCUT2D eigenvalue weighted by molar-refractivity contribution is 5.93. The second-order valence-electron chi connectivity index (χ2n) is 7.43. The third-order valence-corrected chi connectivity index (χ3v) is 4.97. The maximum absolute atomic E-state index is 15.0. The number of fused-ring (bicyclic) bond motifs is 1. The van der Waals surface area contributed by atoms with Gasteiger partial charge in [0.2, 0.25) is 5.95 Å². The van der Waals surface area contributed by atoms with Gasteiger partial charge in [-0.25, -0.2) is 9.67 Å². The highest BCUT2D eigenvalue weighted by atomic mass is 19.1. The summed E-state index contributed by atoms with van der Waals surface area (Å²) in [4.78, 5) is 17.0. The van der Waals surface area contributed by atoms with Crippen molar-refractivity contribution in [2.45, 2.75) is 19.6 Å². The average Bonchev–Trinajstić information content (AvgIpc) is 2.80. The summed E-state index contributed by atoms with van der Waals surface area (Å²) in [7, 11) is 0. The molecule has 0 aliphatic heterocycles. The first-order valence-corrected chi connectivity index (χ1v) is 10.0. The molecule has 4 rings (SSSR count). The van der Waals surface area contributed by atoms with Crippen LogP contribution >= 0.6 is 0 Å². The van der Waals surface area contributed by atoms with Gasteiger partial charge in [0.1, 0.15) is 11.5 Å². The van der Waals surface area contributed by atoms with Crippen molar-refractivity contribution >= 4 is 16.6 Å². The van der Waals surface area contributed by atoms with E-state index >= 15 is 0 Å². The van der Waals surface area contributed by atoms with Gasteiger partial charge in [-0.3, -0.25) is 4.79 Å². The van der Waals surface area contributed by atoms with E-state index in [1.54, 1.807) is 67.6 Å². The molecule has 0 aliphatic rings. The van der Waals surface area contributed by atoms with Crippen LogP contribution in [0.2, 0.25) is 0 Å². The van der Waals surface area contributed by atoms with Crippen molar-refractivity contribution in [1.29, 1.82) is 5.26 Å². The molecule has 0 saturated carbocycles. The third kappa shape index (κ3) is 4.33. The summed E-state index contributed by atoms with van der Waals surface area (Å²) in [5, 5.41) is 26.7. The molecular weight excluding hydrogens is 409 g/mol. The molecule has 7 nitrogen and oxygen atoms in total. The monoisotopic (exact) mass is 429 g/mol. The highest BCUT2D eigenvalue weighted by Gasteiger charge is 2.17. The molecule has 4 aromatic rings. The number of aliphatic hydroxyl groups excluding tert-OH is 1. The Hall–Kier alpha value is -4.09. The zero-order valence-electron chi connectivity index (χ0n) is 17.3. The molecule has 0 radical (unpaired) electrons. The number of nitrogens with zero attached hydrogens (tertiary/aromatic N) is 4. The molecule has 1 atom stereocenters. The minimum atomic E-state index is -0.734. The summed E-state index contributed by atoms with van der Waals surface area (Å²) in [6.07, 6.45) is -0.601. The smallest absolute Gasteiger partial charge is 0.274 e. The van der Waals surface area contributed by atoms with Gasteiger partial charge in [0.15, 0.2) is 0 Å². The molecule has 0 saturated heterocycles. The number of rotatable bonds is 6. The van der Waals surface area contributed by atoms with Crippen LogP contribution in [0.5, 0.6) is 0 Å². The highest BCUT2D eigenvalue weighted by Crippen LogP contribution is 2.27. The molecule has 1 unspecified atom stereocenters. The zero-order chi connectivity index (χ0) is 22.7. The number of aromatic nitrogens is 3.